The van der Waals surface area contributed by atoms with E-state index in [1.54, 1.807) is 12.3 Å². The summed E-state index contributed by atoms with van der Waals surface area (Å²) in [6.07, 6.45) is 1.59. The molecule has 0 bridgehead atoms. The molecule has 1 heterocycles. The Hall–Kier alpha value is -1.86. The molecule has 0 saturated heterocycles. The van der Waals surface area contributed by atoms with Crippen molar-refractivity contribution >= 4 is 21.7 Å². The highest BCUT2D eigenvalue weighted by atomic mass is 79.9. The average Bonchev–Trinajstić information content (AvgIpc) is 2.41. The lowest BCUT2D eigenvalue weighted by molar-refractivity contribution is 0.897. The molecule has 90 valence electrons. The molecule has 0 unspecified atom stereocenters. The second-order valence-corrected chi connectivity index (χ2v) is 4.92. The van der Waals surface area contributed by atoms with E-state index < -0.39 is 0 Å². The van der Waals surface area contributed by atoms with E-state index >= 15 is 0 Å². The molecule has 1 aromatic carbocycles. The van der Waals surface area contributed by atoms with Gasteiger partial charge in [0.1, 0.15) is 11.9 Å². The Morgan fingerprint density at radius 1 is 1.22 bits per heavy atom. The number of hydrogen-bond donors (Lipinski definition) is 0. The van der Waals surface area contributed by atoms with E-state index in [1.165, 1.54) is 5.56 Å². The molecule has 1 aromatic heterocycles. The second kappa shape index (κ2) is 5.65. The van der Waals surface area contributed by atoms with E-state index in [2.05, 4.69) is 39.1 Å². The number of hydrogen-bond acceptors (Lipinski definition) is 3. The van der Waals surface area contributed by atoms with Gasteiger partial charge in [-0.05, 0) is 29.8 Å². The van der Waals surface area contributed by atoms with E-state index in [9.17, 15) is 0 Å². The molecule has 0 spiro atoms. The number of halogens is 1. The zero-order valence-electron chi connectivity index (χ0n) is 9.97. The van der Waals surface area contributed by atoms with Crippen LogP contribution in [-0.4, -0.2) is 12.0 Å². The smallest absolute Gasteiger partial charge is 0.128 e. The van der Waals surface area contributed by atoms with Crippen LogP contribution in [0.1, 0.15) is 11.1 Å². The van der Waals surface area contributed by atoms with Crippen molar-refractivity contribution < 1.29 is 0 Å². The van der Waals surface area contributed by atoms with Crippen LogP contribution in [0.4, 0.5) is 5.82 Å². The SMILES string of the molecule is CN(Cc1ccc(Br)cc1)c1ccc(C#N)cn1. The minimum absolute atomic E-state index is 0.579. The van der Waals surface area contributed by atoms with Crippen molar-refractivity contribution in [1.82, 2.24) is 4.98 Å². The second-order valence-electron chi connectivity index (χ2n) is 4.00. The van der Waals surface area contributed by atoms with Gasteiger partial charge >= 0.3 is 0 Å². The highest BCUT2D eigenvalue weighted by Gasteiger charge is 2.03. The largest absolute Gasteiger partial charge is 0.355 e. The maximum Gasteiger partial charge on any atom is 0.128 e. The minimum Gasteiger partial charge on any atom is -0.355 e. The number of nitrogens with zero attached hydrogens (tertiary/aromatic N) is 3. The Labute approximate surface area is 115 Å². The van der Waals surface area contributed by atoms with Crippen molar-refractivity contribution in [3.05, 3.63) is 58.2 Å². The molecule has 2 rings (SSSR count). The zero-order chi connectivity index (χ0) is 13.0. The van der Waals surface area contributed by atoms with Crippen LogP contribution in [0.2, 0.25) is 0 Å². The first-order valence-corrected chi connectivity index (χ1v) is 6.30. The molecule has 18 heavy (non-hydrogen) atoms. The molecule has 0 saturated carbocycles. The Morgan fingerprint density at radius 3 is 2.50 bits per heavy atom. The fraction of sp³-hybridized carbons (Fsp3) is 0.143. The number of pyridine rings is 1. The summed E-state index contributed by atoms with van der Waals surface area (Å²) in [5, 5.41) is 8.72. The summed E-state index contributed by atoms with van der Waals surface area (Å²) in [6.45, 7) is 0.784. The third-order valence-corrected chi connectivity index (χ3v) is 3.13. The molecule has 2 aromatic rings. The molecule has 0 radical (unpaired) electrons. The monoisotopic (exact) mass is 301 g/mol. The van der Waals surface area contributed by atoms with Crippen LogP contribution in [0.25, 0.3) is 0 Å². The van der Waals surface area contributed by atoms with Crippen molar-refractivity contribution in [2.24, 2.45) is 0 Å². The summed E-state index contributed by atoms with van der Waals surface area (Å²) in [7, 11) is 1.98. The summed E-state index contributed by atoms with van der Waals surface area (Å²) < 4.78 is 1.07. The lowest BCUT2D eigenvalue weighted by Crippen LogP contribution is -2.17. The summed E-state index contributed by atoms with van der Waals surface area (Å²) >= 11 is 3.42. The van der Waals surface area contributed by atoms with Crippen molar-refractivity contribution in [2.45, 2.75) is 6.54 Å². The molecule has 0 N–H and O–H groups in total. The van der Waals surface area contributed by atoms with E-state index in [-0.39, 0.29) is 0 Å². The maximum absolute atomic E-state index is 8.72. The van der Waals surface area contributed by atoms with Crippen LogP contribution in [-0.2, 0) is 6.54 Å². The standard InChI is InChI=1S/C14H12BrN3/c1-18(10-11-2-5-13(15)6-3-11)14-7-4-12(8-16)9-17-14/h2-7,9H,10H2,1H3. The minimum atomic E-state index is 0.579. The lowest BCUT2D eigenvalue weighted by Gasteiger charge is -2.18. The van der Waals surface area contributed by atoms with Gasteiger partial charge in [0.2, 0.25) is 0 Å². The zero-order valence-corrected chi connectivity index (χ0v) is 11.6. The Bertz CT molecular complexity index is 555. The van der Waals surface area contributed by atoms with Crippen LogP contribution in [0, 0.1) is 11.3 Å². The fourth-order valence-corrected chi connectivity index (χ4v) is 1.89. The maximum atomic E-state index is 8.72. The Balaban J connectivity index is 2.09. The van der Waals surface area contributed by atoms with Crippen LogP contribution < -0.4 is 4.90 Å². The van der Waals surface area contributed by atoms with Gasteiger partial charge in [-0.2, -0.15) is 5.26 Å². The van der Waals surface area contributed by atoms with Crippen LogP contribution in [0.3, 0.4) is 0 Å². The Kier molecular flexibility index (Phi) is 3.96. The number of benzene rings is 1. The van der Waals surface area contributed by atoms with Gasteiger partial charge in [0.05, 0.1) is 5.56 Å². The first-order chi connectivity index (χ1) is 8.69. The van der Waals surface area contributed by atoms with Gasteiger partial charge in [-0.15, -0.1) is 0 Å². The summed E-state index contributed by atoms with van der Waals surface area (Å²) in [5.74, 6) is 0.858. The van der Waals surface area contributed by atoms with E-state index in [1.807, 2.05) is 30.1 Å². The third kappa shape index (κ3) is 3.08. The quantitative estimate of drug-likeness (QED) is 0.873. The highest BCUT2D eigenvalue weighted by Crippen LogP contribution is 2.15. The molecular weight excluding hydrogens is 290 g/mol. The molecule has 4 heteroatoms. The van der Waals surface area contributed by atoms with Gasteiger partial charge in [0.15, 0.2) is 0 Å². The third-order valence-electron chi connectivity index (χ3n) is 2.60. The highest BCUT2D eigenvalue weighted by molar-refractivity contribution is 9.10. The van der Waals surface area contributed by atoms with Gasteiger partial charge in [0, 0.05) is 24.3 Å². The summed E-state index contributed by atoms with van der Waals surface area (Å²) in [4.78, 5) is 6.30. The van der Waals surface area contributed by atoms with Gasteiger partial charge in [0.25, 0.3) is 0 Å². The topological polar surface area (TPSA) is 39.9 Å². The molecule has 0 aliphatic carbocycles. The molecule has 0 fully saturated rings. The molecule has 0 amide bonds. The number of anilines is 1. The van der Waals surface area contributed by atoms with Crippen molar-refractivity contribution in [3.8, 4) is 6.07 Å². The first-order valence-electron chi connectivity index (χ1n) is 5.51. The van der Waals surface area contributed by atoms with Crippen LogP contribution in [0.15, 0.2) is 47.1 Å². The number of aromatic nitrogens is 1. The predicted octanol–water partition coefficient (Wildman–Crippen LogP) is 3.35. The van der Waals surface area contributed by atoms with E-state index in [4.69, 9.17) is 5.26 Å². The van der Waals surface area contributed by atoms with E-state index in [0.717, 1.165) is 16.8 Å². The average molecular weight is 302 g/mol. The van der Waals surface area contributed by atoms with Gasteiger partial charge in [-0.3, -0.25) is 0 Å². The summed E-state index contributed by atoms with van der Waals surface area (Å²) in [5.41, 5.74) is 1.79. The van der Waals surface area contributed by atoms with Crippen molar-refractivity contribution in [2.75, 3.05) is 11.9 Å². The predicted molar refractivity (Wildman–Crippen MR) is 75.2 cm³/mol. The molecular formula is C14H12BrN3. The molecule has 0 aliphatic heterocycles. The van der Waals surface area contributed by atoms with Gasteiger partial charge in [-0.25, -0.2) is 4.98 Å². The molecule has 3 nitrogen and oxygen atoms in total. The normalized spacial score (nSPS) is 9.83. The first kappa shape index (κ1) is 12.6. The van der Waals surface area contributed by atoms with Crippen molar-refractivity contribution in [3.63, 3.8) is 0 Å². The molecule has 0 atom stereocenters. The van der Waals surface area contributed by atoms with E-state index in [0.29, 0.717) is 5.56 Å². The van der Waals surface area contributed by atoms with Crippen molar-refractivity contribution in [1.29, 1.82) is 5.26 Å². The fourth-order valence-electron chi connectivity index (χ4n) is 1.62. The van der Waals surface area contributed by atoms with Crippen LogP contribution in [0.5, 0.6) is 0 Å². The number of rotatable bonds is 3. The van der Waals surface area contributed by atoms with Crippen LogP contribution >= 0.6 is 15.9 Å². The summed E-state index contributed by atoms with van der Waals surface area (Å²) in [6, 6.07) is 13.9. The van der Waals surface area contributed by atoms with Gasteiger partial charge < -0.3 is 4.90 Å². The Morgan fingerprint density at radius 2 is 1.94 bits per heavy atom. The number of nitriles is 1. The van der Waals surface area contributed by atoms with Gasteiger partial charge in [-0.1, -0.05) is 28.1 Å². The lowest BCUT2D eigenvalue weighted by atomic mass is 10.2. The molecule has 0 aliphatic rings.